The molecule has 0 atom stereocenters. The quantitative estimate of drug-likeness (QED) is 0.352. The number of hydrogen-bond acceptors (Lipinski definition) is 1. The molecule has 0 spiro atoms. The van der Waals surface area contributed by atoms with Crippen LogP contribution in [0.25, 0.3) is 0 Å². The smallest absolute Gasteiger partial charge is 0.111 e. The topological polar surface area (TPSA) is 3.24 Å². The Morgan fingerprint density at radius 2 is 2.50 bits per heavy atom. The minimum atomic E-state index is 0.902. The van der Waals surface area contributed by atoms with Gasteiger partial charge in [0.2, 0.25) is 0 Å². The fourth-order valence-electron chi connectivity index (χ4n) is 0.839. The number of nitrogens with zero attached hydrogens (tertiary/aromatic N) is 1. The van der Waals surface area contributed by atoms with Crippen LogP contribution >= 0.6 is 11.8 Å². The van der Waals surface area contributed by atoms with Crippen molar-refractivity contribution < 1.29 is 0 Å². The Morgan fingerprint density at radius 1 is 1.75 bits per heavy atom. The average molecular weight is 126 g/mol. The zero-order chi connectivity index (χ0) is 5.72. The lowest BCUT2D eigenvalue weighted by Crippen LogP contribution is -1.95. The minimum Gasteiger partial charge on any atom is -0.249 e. The SMILES string of the molecule is C=C1CC2=C=C2N1Cl. The molecule has 8 heavy (non-hydrogen) atoms. The van der Waals surface area contributed by atoms with E-state index < -0.39 is 0 Å². The van der Waals surface area contributed by atoms with Gasteiger partial charge in [-0.1, -0.05) is 12.3 Å². The molecule has 0 bridgehead atoms. The van der Waals surface area contributed by atoms with Crippen molar-refractivity contribution in [1.29, 1.82) is 0 Å². The van der Waals surface area contributed by atoms with Gasteiger partial charge in [-0.15, -0.1) is 0 Å². The first kappa shape index (κ1) is 4.25. The minimum absolute atomic E-state index is 0.902. The molecule has 1 heterocycles. The highest BCUT2D eigenvalue weighted by atomic mass is 35.5. The Hall–Kier alpha value is -0.650. The van der Waals surface area contributed by atoms with E-state index in [1.54, 1.807) is 4.42 Å². The van der Waals surface area contributed by atoms with E-state index in [4.69, 9.17) is 11.8 Å². The first-order chi connectivity index (χ1) is 3.79. The van der Waals surface area contributed by atoms with E-state index in [1.807, 2.05) is 0 Å². The van der Waals surface area contributed by atoms with Gasteiger partial charge in [0, 0.05) is 29.5 Å². The largest absolute Gasteiger partial charge is 0.249 e. The molecule has 0 saturated carbocycles. The normalized spacial score (nSPS) is 22.6. The highest BCUT2D eigenvalue weighted by Crippen LogP contribution is 2.42. The van der Waals surface area contributed by atoms with Crippen LogP contribution < -0.4 is 0 Å². The molecule has 1 aliphatic heterocycles. The maximum absolute atomic E-state index is 5.67. The molecule has 2 heteroatoms. The van der Waals surface area contributed by atoms with E-state index in [2.05, 4.69) is 12.3 Å². The maximum Gasteiger partial charge on any atom is 0.111 e. The summed E-state index contributed by atoms with van der Waals surface area (Å²) in [5.41, 5.74) is 6.25. The summed E-state index contributed by atoms with van der Waals surface area (Å²) in [5.74, 6) is 0. The van der Waals surface area contributed by atoms with Crippen molar-refractivity contribution in [2.75, 3.05) is 0 Å². The Balaban J connectivity index is 2.33. The monoisotopic (exact) mass is 125 g/mol. The zero-order valence-electron chi connectivity index (χ0n) is 4.24. The van der Waals surface area contributed by atoms with Gasteiger partial charge >= 0.3 is 0 Å². The molecular formula is C6H4ClN. The van der Waals surface area contributed by atoms with Crippen LogP contribution in [-0.4, -0.2) is 4.42 Å². The summed E-state index contributed by atoms with van der Waals surface area (Å²) >= 11 is 5.67. The van der Waals surface area contributed by atoms with E-state index in [9.17, 15) is 0 Å². The van der Waals surface area contributed by atoms with Gasteiger partial charge in [-0.2, -0.15) is 0 Å². The molecular weight excluding hydrogens is 122 g/mol. The molecule has 0 unspecified atom stereocenters. The Morgan fingerprint density at radius 3 is 2.75 bits per heavy atom. The fourth-order valence-corrected chi connectivity index (χ4v) is 1.04. The van der Waals surface area contributed by atoms with Gasteiger partial charge in [0.15, 0.2) is 0 Å². The molecule has 40 valence electrons. The molecule has 2 aliphatic rings. The van der Waals surface area contributed by atoms with Crippen molar-refractivity contribution in [3.05, 3.63) is 29.3 Å². The number of allylic oxidation sites excluding steroid dienone is 1. The van der Waals surface area contributed by atoms with Gasteiger partial charge in [0.05, 0.1) is 0 Å². The summed E-state index contributed by atoms with van der Waals surface area (Å²) in [6, 6.07) is 0. The second kappa shape index (κ2) is 1.02. The van der Waals surface area contributed by atoms with Gasteiger partial charge in [0.1, 0.15) is 5.70 Å². The number of hydrogen-bond donors (Lipinski definition) is 0. The van der Waals surface area contributed by atoms with Crippen molar-refractivity contribution in [1.82, 2.24) is 4.42 Å². The van der Waals surface area contributed by atoms with E-state index in [0.29, 0.717) is 0 Å². The highest BCUT2D eigenvalue weighted by Gasteiger charge is 2.31. The van der Waals surface area contributed by atoms with Crippen molar-refractivity contribution in [3.8, 4) is 0 Å². The lowest BCUT2D eigenvalue weighted by atomic mass is 10.3. The molecule has 1 saturated heterocycles. The van der Waals surface area contributed by atoms with Gasteiger partial charge < -0.3 is 0 Å². The molecule has 2 rings (SSSR count). The third-order valence-electron chi connectivity index (χ3n) is 1.35. The number of rotatable bonds is 0. The summed E-state index contributed by atoms with van der Waals surface area (Å²) in [4.78, 5) is 0. The second-order valence-corrected chi connectivity index (χ2v) is 2.31. The summed E-state index contributed by atoms with van der Waals surface area (Å²) in [5, 5.41) is 0. The van der Waals surface area contributed by atoms with Gasteiger partial charge in [-0.3, -0.25) is 0 Å². The maximum atomic E-state index is 5.67. The van der Waals surface area contributed by atoms with Crippen molar-refractivity contribution in [2.45, 2.75) is 6.42 Å². The molecule has 1 fully saturated rings. The lowest BCUT2D eigenvalue weighted by molar-refractivity contribution is 0.756. The summed E-state index contributed by atoms with van der Waals surface area (Å²) in [6.45, 7) is 3.73. The van der Waals surface area contributed by atoms with Gasteiger partial charge in [-0.25, -0.2) is 4.42 Å². The third kappa shape index (κ3) is 0.336. The highest BCUT2D eigenvalue weighted by molar-refractivity contribution is 6.16. The summed E-state index contributed by atoms with van der Waals surface area (Å²) < 4.78 is 1.56. The zero-order valence-corrected chi connectivity index (χ0v) is 5.00. The van der Waals surface area contributed by atoms with Crippen LogP contribution in [0.5, 0.6) is 0 Å². The predicted octanol–water partition coefficient (Wildman–Crippen LogP) is 1.78. The molecule has 0 aromatic carbocycles. The van der Waals surface area contributed by atoms with Crippen LogP contribution in [0.3, 0.4) is 0 Å². The summed E-state index contributed by atoms with van der Waals surface area (Å²) in [7, 11) is 0. The number of halogens is 1. The Labute approximate surface area is 52.7 Å². The molecule has 1 aliphatic carbocycles. The van der Waals surface area contributed by atoms with E-state index in [0.717, 1.165) is 17.8 Å². The van der Waals surface area contributed by atoms with E-state index >= 15 is 0 Å². The van der Waals surface area contributed by atoms with Gasteiger partial charge in [-0.05, 0) is 0 Å². The van der Waals surface area contributed by atoms with Crippen LogP contribution in [0.2, 0.25) is 0 Å². The van der Waals surface area contributed by atoms with Crippen LogP contribution in [0.4, 0.5) is 0 Å². The molecule has 0 aromatic heterocycles. The Kier molecular flexibility index (Phi) is 0.542. The average Bonchev–Trinajstić information content (AvgIpc) is 2.39. The molecule has 0 amide bonds. The van der Waals surface area contributed by atoms with Crippen LogP contribution in [0.1, 0.15) is 6.42 Å². The standard InChI is InChI=1S/C6H4ClN/c1-4-2-5-3-6(5)8(4)7/h1-2H2. The third-order valence-corrected chi connectivity index (χ3v) is 1.76. The van der Waals surface area contributed by atoms with Crippen LogP contribution in [-0.2, 0) is 0 Å². The van der Waals surface area contributed by atoms with Gasteiger partial charge in [0.25, 0.3) is 0 Å². The van der Waals surface area contributed by atoms with Crippen LogP contribution in [0, 0.1) is 0 Å². The van der Waals surface area contributed by atoms with Crippen LogP contribution in [0.15, 0.2) is 29.3 Å². The summed E-state index contributed by atoms with van der Waals surface area (Å²) in [6.07, 6.45) is 0.902. The fraction of sp³-hybridized carbons (Fsp3) is 0.167. The first-order valence-corrected chi connectivity index (χ1v) is 2.76. The molecule has 0 radical (unpaired) electrons. The predicted molar refractivity (Wildman–Crippen MR) is 32.0 cm³/mol. The number of fused-ring (bicyclic) bond motifs is 1. The molecule has 1 nitrogen and oxygen atoms in total. The first-order valence-electron chi connectivity index (χ1n) is 2.43. The molecule has 0 N–H and O–H groups in total. The van der Waals surface area contributed by atoms with E-state index in [-0.39, 0.29) is 0 Å². The second-order valence-electron chi connectivity index (χ2n) is 1.98. The van der Waals surface area contributed by atoms with Crippen molar-refractivity contribution in [3.63, 3.8) is 0 Å². The molecule has 0 aromatic rings. The van der Waals surface area contributed by atoms with Crippen molar-refractivity contribution >= 4 is 11.8 Å². The van der Waals surface area contributed by atoms with Crippen molar-refractivity contribution in [2.24, 2.45) is 0 Å². The van der Waals surface area contributed by atoms with E-state index in [1.165, 1.54) is 5.57 Å². The Bertz CT molecular complexity index is 231. The lowest BCUT2D eigenvalue weighted by Gasteiger charge is -2.03.